The summed E-state index contributed by atoms with van der Waals surface area (Å²) >= 11 is 0. The molecule has 0 aliphatic carbocycles. The Hall–Kier alpha value is -0.120. The molecule has 1 aliphatic rings. The molecule has 0 aromatic rings. The maximum atomic E-state index is 5.72. The largest absolute Gasteiger partial charge is 0.381 e. The molecular formula is C9H19NO2. The van der Waals surface area contributed by atoms with E-state index in [4.69, 9.17) is 15.2 Å². The average molecular weight is 173 g/mol. The highest BCUT2D eigenvalue weighted by molar-refractivity contribution is 4.82. The highest BCUT2D eigenvalue weighted by atomic mass is 16.5. The van der Waals surface area contributed by atoms with Crippen LogP contribution in [0, 0.1) is 5.41 Å². The van der Waals surface area contributed by atoms with E-state index in [-0.39, 0.29) is 5.41 Å². The Balaban J connectivity index is 2.37. The molecule has 3 heteroatoms. The van der Waals surface area contributed by atoms with Crippen molar-refractivity contribution >= 4 is 0 Å². The van der Waals surface area contributed by atoms with Gasteiger partial charge in [-0.25, -0.2) is 0 Å². The molecule has 12 heavy (non-hydrogen) atoms. The van der Waals surface area contributed by atoms with E-state index >= 15 is 0 Å². The summed E-state index contributed by atoms with van der Waals surface area (Å²) in [6, 6.07) is 0. The molecule has 1 aliphatic heterocycles. The Bertz CT molecular complexity index is 122. The highest BCUT2D eigenvalue weighted by Gasteiger charge is 2.31. The molecule has 72 valence electrons. The summed E-state index contributed by atoms with van der Waals surface area (Å²) in [5.74, 6) is 0. The van der Waals surface area contributed by atoms with Gasteiger partial charge >= 0.3 is 0 Å². The van der Waals surface area contributed by atoms with E-state index < -0.39 is 0 Å². The molecule has 0 spiro atoms. The lowest BCUT2D eigenvalue weighted by Crippen LogP contribution is -2.42. The van der Waals surface area contributed by atoms with Crippen molar-refractivity contribution in [1.82, 2.24) is 0 Å². The van der Waals surface area contributed by atoms with Gasteiger partial charge in [0.1, 0.15) is 0 Å². The van der Waals surface area contributed by atoms with Gasteiger partial charge in [-0.1, -0.05) is 0 Å². The van der Waals surface area contributed by atoms with E-state index in [1.54, 1.807) is 0 Å². The van der Waals surface area contributed by atoms with Gasteiger partial charge in [0.2, 0.25) is 0 Å². The second-order valence-electron chi connectivity index (χ2n) is 3.50. The van der Waals surface area contributed by atoms with Gasteiger partial charge in [0.05, 0.1) is 13.2 Å². The van der Waals surface area contributed by atoms with Crippen molar-refractivity contribution in [3.05, 3.63) is 0 Å². The first-order valence-electron chi connectivity index (χ1n) is 4.68. The molecule has 0 saturated carbocycles. The first-order valence-corrected chi connectivity index (χ1v) is 4.68. The van der Waals surface area contributed by atoms with Gasteiger partial charge in [-0.15, -0.1) is 0 Å². The Morgan fingerprint density at radius 2 is 2.42 bits per heavy atom. The van der Waals surface area contributed by atoms with Gasteiger partial charge in [-0.2, -0.15) is 0 Å². The van der Waals surface area contributed by atoms with Crippen LogP contribution in [0.2, 0.25) is 0 Å². The Kier molecular flexibility index (Phi) is 3.98. The quantitative estimate of drug-likeness (QED) is 0.683. The summed E-state index contributed by atoms with van der Waals surface area (Å²) in [4.78, 5) is 0. The SMILES string of the molecule is CCOCC1(CN)CCCOC1. The summed E-state index contributed by atoms with van der Waals surface area (Å²) in [5, 5.41) is 0. The summed E-state index contributed by atoms with van der Waals surface area (Å²) in [6.07, 6.45) is 2.26. The molecule has 1 fully saturated rings. The molecule has 0 radical (unpaired) electrons. The van der Waals surface area contributed by atoms with Crippen LogP contribution >= 0.6 is 0 Å². The van der Waals surface area contributed by atoms with E-state index in [0.717, 1.165) is 39.3 Å². The van der Waals surface area contributed by atoms with E-state index in [2.05, 4.69) is 0 Å². The zero-order valence-electron chi connectivity index (χ0n) is 7.84. The lowest BCUT2D eigenvalue weighted by atomic mass is 9.83. The second kappa shape index (κ2) is 4.80. The fourth-order valence-electron chi connectivity index (χ4n) is 1.56. The van der Waals surface area contributed by atoms with Crippen LogP contribution in [-0.4, -0.2) is 33.0 Å². The molecule has 0 aromatic carbocycles. The van der Waals surface area contributed by atoms with Gasteiger partial charge < -0.3 is 15.2 Å². The first-order chi connectivity index (χ1) is 5.83. The summed E-state index contributed by atoms with van der Waals surface area (Å²) in [6.45, 7) is 5.85. The second-order valence-corrected chi connectivity index (χ2v) is 3.50. The highest BCUT2D eigenvalue weighted by Crippen LogP contribution is 2.27. The predicted octanol–water partition coefficient (Wildman–Crippen LogP) is 0.778. The Morgan fingerprint density at radius 1 is 1.58 bits per heavy atom. The normalized spacial score (nSPS) is 30.5. The van der Waals surface area contributed by atoms with Gasteiger partial charge in [0, 0.05) is 25.2 Å². The summed E-state index contributed by atoms with van der Waals surface area (Å²) in [7, 11) is 0. The molecule has 2 N–H and O–H groups in total. The van der Waals surface area contributed by atoms with Crippen LogP contribution in [0.5, 0.6) is 0 Å². The third kappa shape index (κ3) is 2.44. The molecule has 1 saturated heterocycles. The number of nitrogens with two attached hydrogens (primary N) is 1. The van der Waals surface area contributed by atoms with Crippen molar-refractivity contribution in [2.75, 3.05) is 33.0 Å². The standard InChI is InChI=1S/C9H19NO2/c1-2-11-7-9(6-10)4-3-5-12-8-9/h2-8,10H2,1H3. The lowest BCUT2D eigenvalue weighted by molar-refractivity contribution is -0.0517. The molecule has 1 atom stereocenters. The van der Waals surface area contributed by atoms with Crippen LogP contribution < -0.4 is 5.73 Å². The van der Waals surface area contributed by atoms with E-state index in [9.17, 15) is 0 Å². The predicted molar refractivity (Wildman–Crippen MR) is 48.0 cm³/mol. The zero-order valence-corrected chi connectivity index (χ0v) is 7.84. The van der Waals surface area contributed by atoms with Crippen molar-refractivity contribution < 1.29 is 9.47 Å². The molecule has 1 heterocycles. The lowest BCUT2D eigenvalue weighted by Gasteiger charge is -2.35. The Morgan fingerprint density at radius 3 is 2.92 bits per heavy atom. The monoisotopic (exact) mass is 173 g/mol. The topological polar surface area (TPSA) is 44.5 Å². The van der Waals surface area contributed by atoms with Crippen LogP contribution in [0.4, 0.5) is 0 Å². The van der Waals surface area contributed by atoms with Gasteiger partial charge in [0.25, 0.3) is 0 Å². The molecule has 1 rings (SSSR count). The van der Waals surface area contributed by atoms with Crippen LogP contribution in [0.15, 0.2) is 0 Å². The number of rotatable bonds is 4. The van der Waals surface area contributed by atoms with Crippen LogP contribution in [0.3, 0.4) is 0 Å². The van der Waals surface area contributed by atoms with Gasteiger partial charge in [0.15, 0.2) is 0 Å². The molecular weight excluding hydrogens is 154 g/mol. The maximum absolute atomic E-state index is 5.72. The minimum Gasteiger partial charge on any atom is -0.381 e. The molecule has 3 nitrogen and oxygen atoms in total. The van der Waals surface area contributed by atoms with Crippen LogP contribution in [0.25, 0.3) is 0 Å². The third-order valence-corrected chi connectivity index (χ3v) is 2.45. The van der Waals surface area contributed by atoms with Crippen molar-refractivity contribution in [3.63, 3.8) is 0 Å². The van der Waals surface area contributed by atoms with Crippen LogP contribution in [0.1, 0.15) is 19.8 Å². The molecule has 0 bridgehead atoms. The van der Waals surface area contributed by atoms with E-state index in [0.29, 0.717) is 6.54 Å². The Labute approximate surface area is 74.2 Å². The number of ether oxygens (including phenoxy) is 2. The fourth-order valence-corrected chi connectivity index (χ4v) is 1.56. The third-order valence-electron chi connectivity index (χ3n) is 2.45. The number of hydrogen-bond donors (Lipinski definition) is 1. The molecule has 0 aromatic heterocycles. The first kappa shape index (κ1) is 9.96. The van der Waals surface area contributed by atoms with Gasteiger partial charge in [-0.05, 0) is 19.8 Å². The van der Waals surface area contributed by atoms with Gasteiger partial charge in [-0.3, -0.25) is 0 Å². The van der Waals surface area contributed by atoms with E-state index in [1.165, 1.54) is 0 Å². The summed E-state index contributed by atoms with van der Waals surface area (Å²) < 4.78 is 10.8. The van der Waals surface area contributed by atoms with Crippen molar-refractivity contribution in [3.8, 4) is 0 Å². The van der Waals surface area contributed by atoms with E-state index in [1.807, 2.05) is 6.92 Å². The number of hydrogen-bond acceptors (Lipinski definition) is 3. The maximum Gasteiger partial charge on any atom is 0.0556 e. The van der Waals surface area contributed by atoms with Crippen LogP contribution in [-0.2, 0) is 9.47 Å². The molecule has 1 unspecified atom stereocenters. The average Bonchev–Trinajstić information content (AvgIpc) is 2.16. The zero-order chi connectivity index (χ0) is 8.86. The minimum absolute atomic E-state index is 0.105. The molecule has 0 amide bonds. The van der Waals surface area contributed by atoms with Crippen molar-refractivity contribution in [1.29, 1.82) is 0 Å². The van der Waals surface area contributed by atoms with Crippen molar-refractivity contribution in [2.24, 2.45) is 11.1 Å². The minimum atomic E-state index is 0.105. The smallest absolute Gasteiger partial charge is 0.0556 e. The fraction of sp³-hybridized carbons (Fsp3) is 1.00. The van der Waals surface area contributed by atoms with Crippen molar-refractivity contribution in [2.45, 2.75) is 19.8 Å². The summed E-state index contributed by atoms with van der Waals surface area (Å²) in [5.41, 5.74) is 5.82.